The second-order valence-electron chi connectivity index (χ2n) is 3.50. The van der Waals surface area contributed by atoms with Crippen LogP contribution in [-0.2, 0) is 13.2 Å². The van der Waals surface area contributed by atoms with Gasteiger partial charge in [-0.05, 0) is 24.1 Å². The van der Waals surface area contributed by atoms with Gasteiger partial charge >= 0.3 is 0 Å². The van der Waals surface area contributed by atoms with Crippen molar-refractivity contribution in [2.75, 3.05) is 6.54 Å². The number of benzene rings is 1. The number of rotatable bonds is 6. The minimum atomic E-state index is 0.129. The molecule has 0 unspecified atom stereocenters. The number of aliphatic hydroxyl groups is 1. The Labute approximate surface area is 86.0 Å². The molecule has 0 radical (unpaired) electrons. The average Bonchev–Trinajstić information content (AvgIpc) is 2.25. The van der Waals surface area contributed by atoms with Crippen molar-refractivity contribution in [2.45, 2.75) is 32.9 Å². The first kappa shape index (κ1) is 11.2. The van der Waals surface area contributed by atoms with Gasteiger partial charge in [0.05, 0.1) is 6.61 Å². The van der Waals surface area contributed by atoms with Gasteiger partial charge in [-0.2, -0.15) is 0 Å². The van der Waals surface area contributed by atoms with E-state index in [0.29, 0.717) is 0 Å². The predicted molar refractivity (Wildman–Crippen MR) is 59.0 cm³/mol. The molecule has 1 aromatic carbocycles. The van der Waals surface area contributed by atoms with E-state index < -0.39 is 0 Å². The molecule has 1 rings (SSSR count). The number of nitrogens with one attached hydrogen (secondary N) is 1. The van der Waals surface area contributed by atoms with Crippen LogP contribution in [0.4, 0.5) is 0 Å². The molecule has 14 heavy (non-hydrogen) atoms. The second kappa shape index (κ2) is 6.57. The van der Waals surface area contributed by atoms with Crippen molar-refractivity contribution in [1.29, 1.82) is 0 Å². The highest BCUT2D eigenvalue weighted by atomic mass is 16.3. The molecule has 0 aliphatic heterocycles. The topological polar surface area (TPSA) is 32.3 Å². The molecule has 0 aromatic heterocycles. The standard InChI is InChI=1S/C12H19NO/c1-2-3-8-13-9-11-4-6-12(10-14)7-5-11/h4-7,13-14H,2-3,8-10H2,1H3. The summed E-state index contributed by atoms with van der Waals surface area (Å²) in [6, 6.07) is 8.06. The van der Waals surface area contributed by atoms with Crippen LogP contribution in [-0.4, -0.2) is 11.7 Å². The van der Waals surface area contributed by atoms with Gasteiger partial charge in [-0.1, -0.05) is 37.6 Å². The molecule has 0 heterocycles. The summed E-state index contributed by atoms with van der Waals surface area (Å²) in [4.78, 5) is 0. The van der Waals surface area contributed by atoms with E-state index in [4.69, 9.17) is 5.11 Å². The van der Waals surface area contributed by atoms with Crippen molar-refractivity contribution in [2.24, 2.45) is 0 Å². The molecular weight excluding hydrogens is 174 g/mol. The van der Waals surface area contributed by atoms with Gasteiger partial charge in [-0.25, -0.2) is 0 Å². The molecular formula is C12H19NO. The van der Waals surface area contributed by atoms with Gasteiger partial charge in [0.25, 0.3) is 0 Å². The molecule has 0 fully saturated rings. The third-order valence-electron chi connectivity index (χ3n) is 2.24. The van der Waals surface area contributed by atoms with E-state index in [1.54, 1.807) is 0 Å². The van der Waals surface area contributed by atoms with Crippen LogP contribution in [0.2, 0.25) is 0 Å². The lowest BCUT2D eigenvalue weighted by Gasteiger charge is -2.04. The van der Waals surface area contributed by atoms with Gasteiger partial charge in [-0.3, -0.25) is 0 Å². The molecule has 0 saturated carbocycles. The fourth-order valence-corrected chi connectivity index (χ4v) is 1.30. The number of aliphatic hydroxyl groups excluding tert-OH is 1. The summed E-state index contributed by atoms with van der Waals surface area (Å²) in [5, 5.41) is 12.2. The largest absolute Gasteiger partial charge is 0.392 e. The molecule has 78 valence electrons. The molecule has 0 spiro atoms. The van der Waals surface area contributed by atoms with Crippen molar-refractivity contribution in [3.05, 3.63) is 35.4 Å². The Bertz CT molecular complexity index is 243. The monoisotopic (exact) mass is 193 g/mol. The highest BCUT2D eigenvalue weighted by Crippen LogP contribution is 2.03. The van der Waals surface area contributed by atoms with Gasteiger partial charge in [0.15, 0.2) is 0 Å². The summed E-state index contributed by atoms with van der Waals surface area (Å²) < 4.78 is 0. The van der Waals surface area contributed by atoms with E-state index in [9.17, 15) is 0 Å². The normalized spacial score (nSPS) is 10.4. The minimum Gasteiger partial charge on any atom is -0.392 e. The van der Waals surface area contributed by atoms with Crippen LogP contribution in [0.3, 0.4) is 0 Å². The third-order valence-corrected chi connectivity index (χ3v) is 2.24. The van der Waals surface area contributed by atoms with Crippen molar-refractivity contribution in [3.63, 3.8) is 0 Å². The fourth-order valence-electron chi connectivity index (χ4n) is 1.30. The molecule has 0 aliphatic carbocycles. The molecule has 0 saturated heterocycles. The third kappa shape index (κ3) is 3.90. The van der Waals surface area contributed by atoms with Crippen molar-refractivity contribution in [3.8, 4) is 0 Å². The lowest BCUT2D eigenvalue weighted by atomic mass is 10.1. The van der Waals surface area contributed by atoms with Crippen LogP contribution in [0.5, 0.6) is 0 Å². The Morgan fingerprint density at radius 1 is 1.14 bits per heavy atom. The quantitative estimate of drug-likeness (QED) is 0.678. The summed E-state index contributed by atoms with van der Waals surface area (Å²) in [7, 11) is 0. The maximum absolute atomic E-state index is 8.86. The summed E-state index contributed by atoms with van der Waals surface area (Å²) in [5.41, 5.74) is 2.25. The zero-order valence-corrected chi connectivity index (χ0v) is 8.79. The zero-order valence-electron chi connectivity index (χ0n) is 8.79. The molecule has 1 aromatic rings. The SMILES string of the molecule is CCCCNCc1ccc(CO)cc1. The van der Waals surface area contributed by atoms with Gasteiger partial charge in [0.1, 0.15) is 0 Å². The molecule has 2 nitrogen and oxygen atoms in total. The molecule has 2 heteroatoms. The minimum absolute atomic E-state index is 0.129. The Kier molecular flexibility index (Phi) is 5.27. The lowest BCUT2D eigenvalue weighted by molar-refractivity contribution is 0.282. The van der Waals surface area contributed by atoms with Crippen molar-refractivity contribution < 1.29 is 5.11 Å². The van der Waals surface area contributed by atoms with Crippen molar-refractivity contribution >= 4 is 0 Å². The first-order chi connectivity index (χ1) is 6.86. The predicted octanol–water partition coefficient (Wildman–Crippen LogP) is 2.07. The Hall–Kier alpha value is -0.860. The zero-order chi connectivity index (χ0) is 10.2. The van der Waals surface area contributed by atoms with Gasteiger partial charge in [0, 0.05) is 6.54 Å². The molecule has 0 aliphatic rings. The summed E-state index contributed by atoms with van der Waals surface area (Å²) in [6.45, 7) is 4.32. The van der Waals surface area contributed by atoms with Crippen LogP contribution >= 0.6 is 0 Å². The van der Waals surface area contributed by atoms with Crippen LogP contribution in [0.15, 0.2) is 24.3 Å². The van der Waals surface area contributed by atoms with Gasteiger partial charge < -0.3 is 10.4 Å². The van der Waals surface area contributed by atoms with Crippen LogP contribution in [0, 0.1) is 0 Å². The first-order valence-corrected chi connectivity index (χ1v) is 5.26. The molecule has 2 N–H and O–H groups in total. The van der Waals surface area contributed by atoms with Crippen molar-refractivity contribution in [1.82, 2.24) is 5.32 Å². The maximum atomic E-state index is 8.86. The Morgan fingerprint density at radius 3 is 2.36 bits per heavy atom. The van der Waals surface area contributed by atoms with Gasteiger partial charge in [0.2, 0.25) is 0 Å². The molecule has 0 bridgehead atoms. The first-order valence-electron chi connectivity index (χ1n) is 5.26. The lowest BCUT2D eigenvalue weighted by Crippen LogP contribution is -2.14. The van der Waals surface area contributed by atoms with E-state index in [-0.39, 0.29) is 6.61 Å². The summed E-state index contributed by atoms with van der Waals surface area (Å²) in [5.74, 6) is 0. The van der Waals surface area contributed by atoms with Crippen LogP contribution in [0.25, 0.3) is 0 Å². The van der Waals surface area contributed by atoms with E-state index in [2.05, 4.69) is 24.4 Å². The van der Waals surface area contributed by atoms with E-state index >= 15 is 0 Å². The van der Waals surface area contributed by atoms with Crippen LogP contribution < -0.4 is 5.32 Å². The van der Waals surface area contributed by atoms with E-state index in [1.165, 1.54) is 18.4 Å². The number of hydrogen-bond acceptors (Lipinski definition) is 2. The molecule has 0 amide bonds. The van der Waals surface area contributed by atoms with Gasteiger partial charge in [-0.15, -0.1) is 0 Å². The highest BCUT2D eigenvalue weighted by molar-refractivity contribution is 5.21. The number of unbranched alkanes of at least 4 members (excludes halogenated alkanes) is 1. The average molecular weight is 193 g/mol. The number of hydrogen-bond donors (Lipinski definition) is 2. The Balaban J connectivity index is 2.29. The molecule has 0 atom stereocenters. The smallest absolute Gasteiger partial charge is 0.0681 e. The summed E-state index contributed by atoms with van der Waals surface area (Å²) >= 11 is 0. The summed E-state index contributed by atoms with van der Waals surface area (Å²) in [6.07, 6.45) is 2.46. The second-order valence-corrected chi connectivity index (χ2v) is 3.50. The fraction of sp³-hybridized carbons (Fsp3) is 0.500. The maximum Gasteiger partial charge on any atom is 0.0681 e. The highest BCUT2D eigenvalue weighted by Gasteiger charge is 1.93. The van der Waals surface area contributed by atoms with E-state index in [0.717, 1.165) is 18.7 Å². The Morgan fingerprint density at radius 2 is 1.79 bits per heavy atom. The van der Waals surface area contributed by atoms with E-state index in [1.807, 2.05) is 12.1 Å². The van der Waals surface area contributed by atoms with Crippen LogP contribution in [0.1, 0.15) is 30.9 Å².